The number of nitrogens with zero attached hydrogens (tertiary/aromatic N) is 2. The van der Waals surface area contributed by atoms with Gasteiger partial charge in [0.2, 0.25) is 5.69 Å². The lowest BCUT2D eigenvalue weighted by Crippen LogP contribution is -2.32. The Morgan fingerprint density at radius 1 is 1.36 bits per heavy atom. The van der Waals surface area contributed by atoms with Crippen LogP contribution in [0.25, 0.3) is 6.08 Å². The van der Waals surface area contributed by atoms with Crippen LogP contribution in [0.3, 0.4) is 0 Å². The third-order valence-electron chi connectivity index (χ3n) is 2.45. The van der Waals surface area contributed by atoms with Crippen LogP contribution in [0.15, 0.2) is 24.4 Å². The number of fused-ring (bicyclic) bond motifs is 1. The molecule has 0 aromatic heterocycles. The molecule has 2 rings (SSSR count). The Balaban J connectivity index is 2.70. The fraction of sp³-hybridized carbons (Fsp3) is 0.200. The Labute approximate surface area is 81.8 Å². The molecule has 0 saturated heterocycles. The van der Waals surface area contributed by atoms with E-state index in [1.165, 1.54) is 0 Å². The van der Waals surface area contributed by atoms with Crippen LogP contribution in [0.5, 0.6) is 0 Å². The highest BCUT2D eigenvalue weighted by molar-refractivity contribution is 5.80. The van der Waals surface area contributed by atoms with Crippen molar-refractivity contribution in [1.82, 2.24) is 4.48 Å². The number of quaternary nitrogens is 1. The zero-order valence-corrected chi connectivity index (χ0v) is 8.10. The van der Waals surface area contributed by atoms with Gasteiger partial charge >= 0.3 is 5.69 Å². The molecule has 0 spiro atoms. The molecule has 0 bridgehead atoms. The minimum absolute atomic E-state index is 0.192. The summed E-state index contributed by atoms with van der Waals surface area (Å²) in [5.74, 6) is 0. The third kappa shape index (κ3) is 1.12. The lowest BCUT2D eigenvalue weighted by molar-refractivity contribution is -0.384. The van der Waals surface area contributed by atoms with Gasteiger partial charge in [0, 0.05) is 17.7 Å². The van der Waals surface area contributed by atoms with Crippen LogP contribution in [0.1, 0.15) is 5.56 Å². The van der Waals surface area contributed by atoms with Crippen molar-refractivity contribution in [1.29, 1.82) is 0 Å². The van der Waals surface area contributed by atoms with Gasteiger partial charge in [-0.05, 0) is 6.07 Å². The average molecular weight is 191 g/mol. The van der Waals surface area contributed by atoms with E-state index < -0.39 is 0 Å². The van der Waals surface area contributed by atoms with Gasteiger partial charge in [0.05, 0.1) is 19.0 Å². The predicted molar refractivity (Wildman–Crippen MR) is 55.8 cm³/mol. The van der Waals surface area contributed by atoms with E-state index in [2.05, 4.69) is 0 Å². The van der Waals surface area contributed by atoms with Crippen molar-refractivity contribution in [3.8, 4) is 0 Å². The summed E-state index contributed by atoms with van der Waals surface area (Å²) in [4.78, 5) is 10.5. The average Bonchev–Trinajstić information content (AvgIpc) is 2.43. The number of para-hydroxylation sites is 1. The van der Waals surface area contributed by atoms with Crippen molar-refractivity contribution in [2.75, 3.05) is 14.1 Å². The molecule has 1 aromatic rings. The van der Waals surface area contributed by atoms with Gasteiger partial charge in [-0.15, -0.1) is 0 Å². The molecule has 0 saturated carbocycles. The quantitative estimate of drug-likeness (QED) is 0.388. The molecule has 0 radical (unpaired) electrons. The summed E-state index contributed by atoms with van der Waals surface area (Å²) in [6.07, 6.45) is 3.86. The minimum atomic E-state index is -0.328. The number of rotatable bonds is 1. The van der Waals surface area contributed by atoms with E-state index >= 15 is 0 Å². The van der Waals surface area contributed by atoms with Crippen LogP contribution < -0.4 is 4.48 Å². The molecule has 0 amide bonds. The van der Waals surface area contributed by atoms with Gasteiger partial charge in [-0.2, -0.15) is 0 Å². The number of nitro groups is 1. The predicted octanol–water partition coefficient (Wildman–Crippen LogP) is 2.15. The lowest BCUT2D eigenvalue weighted by atomic mass is 10.1. The van der Waals surface area contributed by atoms with Gasteiger partial charge in [-0.3, -0.25) is 14.6 Å². The fourth-order valence-corrected chi connectivity index (χ4v) is 1.80. The third-order valence-corrected chi connectivity index (χ3v) is 2.45. The summed E-state index contributed by atoms with van der Waals surface area (Å²) in [5, 5.41) is 10.8. The summed E-state index contributed by atoms with van der Waals surface area (Å²) < 4.78 is 0.437. The molecule has 0 atom stereocenters. The highest BCUT2D eigenvalue weighted by Gasteiger charge is 2.34. The van der Waals surface area contributed by atoms with Crippen molar-refractivity contribution in [3.05, 3.63) is 40.1 Å². The first-order valence-electron chi connectivity index (χ1n) is 4.33. The molecule has 4 heteroatoms. The molecule has 1 aliphatic heterocycles. The van der Waals surface area contributed by atoms with Gasteiger partial charge in [-0.25, -0.2) is 0 Å². The van der Waals surface area contributed by atoms with Crippen LogP contribution >= 0.6 is 0 Å². The van der Waals surface area contributed by atoms with E-state index in [1.807, 2.05) is 32.4 Å². The molecule has 14 heavy (non-hydrogen) atoms. The summed E-state index contributed by atoms with van der Waals surface area (Å²) in [5.41, 5.74) is 1.89. The highest BCUT2D eigenvalue weighted by atomic mass is 16.6. The van der Waals surface area contributed by atoms with Crippen LogP contribution in [0.2, 0.25) is 0 Å². The SMILES string of the molecule is C[N+]1(C)C=Cc2cccc([N+](=O)[O-])c21. The molecule has 1 heterocycles. The van der Waals surface area contributed by atoms with Crippen molar-refractivity contribution < 1.29 is 4.92 Å². The van der Waals surface area contributed by atoms with Crippen molar-refractivity contribution >= 4 is 17.5 Å². The largest absolute Gasteiger partial charge is 0.330 e. The van der Waals surface area contributed by atoms with E-state index in [9.17, 15) is 10.1 Å². The second kappa shape index (κ2) is 2.65. The van der Waals surface area contributed by atoms with Crippen LogP contribution in [0.4, 0.5) is 11.4 Å². The normalized spacial score (nSPS) is 16.7. The van der Waals surface area contributed by atoms with Gasteiger partial charge in [0.25, 0.3) is 0 Å². The maximum Gasteiger partial charge on any atom is 0.330 e. The zero-order valence-electron chi connectivity index (χ0n) is 8.10. The van der Waals surface area contributed by atoms with E-state index in [1.54, 1.807) is 12.1 Å². The van der Waals surface area contributed by atoms with Crippen LogP contribution in [-0.2, 0) is 0 Å². The Morgan fingerprint density at radius 3 is 2.71 bits per heavy atom. The Kier molecular flexibility index (Phi) is 1.69. The van der Waals surface area contributed by atoms with E-state index in [4.69, 9.17) is 0 Å². The highest BCUT2D eigenvalue weighted by Crippen LogP contribution is 2.39. The van der Waals surface area contributed by atoms with E-state index in [-0.39, 0.29) is 10.6 Å². The van der Waals surface area contributed by atoms with Gasteiger partial charge in [0.15, 0.2) is 0 Å². The van der Waals surface area contributed by atoms with Crippen LogP contribution in [0, 0.1) is 10.1 Å². The maximum absolute atomic E-state index is 10.8. The molecule has 0 unspecified atom stereocenters. The number of benzene rings is 1. The molecule has 0 N–H and O–H groups in total. The first-order chi connectivity index (χ1) is 6.52. The topological polar surface area (TPSA) is 43.1 Å². The minimum Gasteiger partial charge on any atom is -0.263 e. The maximum atomic E-state index is 10.8. The van der Waals surface area contributed by atoms with Gasteiger partial charge in [0.1, 0.15) is 6.20 Å². The molecule has 0 fully saturated rings. The number of nitro benzene ring substituents is 1. The second-order valence-electron chi connectivity index (χ2n) is 3.83. The van der Waals surface area contributed by atoms with Crippen molar-refractivity contribution in [3.63, 3.8) is 0 Å². The van der Waals surface area contributed by atoms with Gasteiger partial charge < -0.3 is 0 Å². The summed E-state index contributed by atoms with van der Waals surface area (Å²) in [6.45, 7) is 0. The molecule has 4 nitrogen and oxygen atoms in total. The van der Waals surface area contributed by atoms with Crippen LogP contribution in [-0.4, -0.2) is 19.0 Å². The zero-order chi connectivity index (χ0) is 10.3. The Bertz CT molecular complexity index is 436. The Hall–Kier alpha value is -1.68. The van der Waals surface area contributed by atoms with Crippen molar-refractivity contribution in [2.24, 2.45) is 0 Å². The van der Waals surface area contributed by atoms with Gasteiger partial charge in [-0.1, -0.05) is 6.07 Å². The molecule has 72 valence electrons. The van der Waals surface area contributed by atoms with E-state index in [0.29, 0.717) is 4.48 Å². The molecule has 1 aliphatic rings. The molecular weight excluding hydrogens is 180 g/mol. The number of hydrogen-bond acceptors (Lipinski definition) is 2. The van der Waals surface area contributed by atoms with Crippen molar-refractivity contribution in [2.45, 2.75) is 0 Å². The fourth-order valence-electron chi connectivity index (χ4n) is 1.80. The molecular formula is C10H11N2O2+. The monoisotopic (exact) mass is 191 g/mol. The number of hydrogen-bond donors (Lipinski definition) is 0. The summed E-state index contributed by atoms with van der Waals surface area (Å²) in [7, 11) is 3.85. The second-order valence-corrected chi connectivity index (χ2v) is 3.83. The summed E-state index contributed by atoms with van der Waals surface area (Å²) in [6, 6.07) is 5.16. The first kappa shape index (κ1) is 8.90. The smallest absolute Gasteiger partial charge is 0.263 e. The Morgan fingerprint density at radius 2 is 2.07 bits per heavy atom. The lowest BCUT2D eigenvalue weighted by Gasteiger charge is -2.20. The first-order valence-corrected chi connectivity index (χ1v) is 4.33. The van der Waals surface area contributed by atoms with E-state index in [0.717, 1.165) is 11.3 Å². The summed E-state index contributed by atoms with van der Waals surface area (Å²) >= 11 is 0. The molecule has 1 aromatic carbocycles. The standard InChI is InChI=1S/C10H11N2O2/c1-12(2)7-6-8-4-3-5-9(10(8)12)11(13)14/h3-7H,1-2H3/q+1. The molecule has 0 aliphatic carbocycles.